The Kier molecular flexibility index (Phi) is 4.24. The molecule has 1 fully saturated rings. The number of aromatic nitrogens is 2. The van der Waals surface area contributed by atoms with Crippen LogP contribution in [0.5, 0.6) is 0 Å². The van der Waals surface area contributed by atoms with Gasteiger partial charge in [-0.3, -0.25) is 14.6 Å². The lowest BCUT2D eigenvalue weighted by molar-refractivity contribution is 0.0701. The van der Waals surface area contributed by atoms with E-state index >= 15 is 0 Å². The average molecular weight is 351 g/mol. The smallest absolute Gasteiger partial charge is 0.274 e. The lowest BCUT2D eigenvalue weighted by atomic mass is 9.93. The first-order valence-corrected chi connectivity index (χ1v) is 8.65. The number of carbonyl (C=O) groups is 1. The third-order valence-electron chi connectivity index (χ3n) is 4.88. The van der Waals surface area contributed by atoms with Crippen LogP contribution >= 0.6 is 0 Å². The Morgan fingerprint density at radius 3 is 2.92 bits per heavy atom. The third kappa shape index (κ3) is 2.98. The van der Waals surface area contributed by atoms with Gasteiger partial charge in [-0.2, -0.15) is 0 Å². The van der Waals surface area contributed by atoms with Crippen molar-refractivity contribution >= 4 is 16.8 Å². The molecule has 1 aliphatic rings. The zero-order chi connectivity index (χ0) is 18.1. The van der Waals surface area contributed by atoms with Crippen molar-refractivity contribution in [3.05, 3.63) is 76.1 Å². The summed E-state index contributed by atoms with van der Waals surface area (Å²) in [5.74, 6) is -0.806. The summed E-state index contributed by atoms with van der Waals surface area (Å²) in [6, 6.07) is 11.6. The summed E-state index contributed by atoms with van der Waals surface area (Å²) in [5, 5.41) is 0.781. The maximum Gasteiger partial charge on any atom is 0.274 e. The van der Waals surface area contributed by atoms with Gasteiger partial charge < -0.3 is 9.88 Å². The number of hydrogen-bond acceptors (Lipinski definition) is 3. The van der Waals surface area contributed by atoms with E-state index in [1.54, 1.807) is 29.3 Å². The minimum absolute atomic E-state index is 0.0109. The van der Waals surface area contributed by atoms with Crippen molar-refractivity contribution in [2.45, 2.75) is 18.8 Å². The molecule has 1 N–H and O–H groups in total. The highest BCUT2D eigenvalue weighted by molar-refractivity contribution is 5.94. The number of H-pyrrole nitrogens is 1. The van der Waals surface area contributed by atoms with Crippen LogP contribution in [-0.4, -0.2) is 33.9 Å². The Morgan fingerprint density at radius 2 is 2.08 bits per heavy atom. The van der Waals surface area contributed by atoms with E-state index in [0.717, 1.165) is 23.9 Å². The summed E-state index contributed by atoms with van der Waals surface area (Å²) in [6.45, 7) is 1.04. The lowest BCUT2D eigenvalue weighted by Gasteiger charge is -2.33. The number of amides is 1. The second-order valence-electron chi connectivity index (χ2n) is 6.57. The minimum Gasteiger partial charge on any atom is -0.338 e. The molecule has 0 spiro atoms. The molecule has 2 aromatic heterocycles. The van der Waals surface area contributed by atoms with E-state index in [9.17, 15) is 14.0 Å². The fourth-order valence-electron chi connectivity index (χ4n) is 3.56. The summed E-state index contributed by atoms with van der Waals surface area (Å²) < 4.78 is 13.9. The Balaban J connectivity index is 1.62. The molecule has 1 saturated heterocycles. The zero-order valence-corrected chi connectivity index (χ0v) is 14.1. The van der Waals surface area contributed by atoms with Crippen LogP contribution in [0.1, 0.15) is 34.8 Å². The number of nitrogens with zero attached hydrogens (tertiary/aromatic N) is 2. The number of fused-ring (bicyclic) bond motifs is 1. The van der Waals surface area contributed by atoms with Crippen LogP contribution in [0.2, 0.25) is 0 Å². The van der Waals surface area contributed by atoms with Crippen LogP contribution in [-0.2, 0) is 0 Å². The van der Waals surface area contributed by atoms with Gasteiger partial charge in [0.25, 0.3) is 11.5 Å². The summed E-state index contributed by atoms with van der Waals surface area (Å²) in [5.41, 5.74) is 1.06. The molecular formula is C20H18FN3O2. The fraction of sp³-hybridized carbons (Fsp3) is 0.250. The maximum absolute atomic E-state index is 13.9. The molecule has 0 unspecified atom stereocenters. The van der Waals surface area contributed by atoms with Gasteiger partial charge in [-0.25, -0.2) is 4.39 Å². The zero-order valence-electron chi connectivity index (χ0n) is 14.1. The predicted molar refractivity (Wildman–Crippen MR) is 96.6 cm³/mol. The van der Waals surface area contributed by atoms with Gasteiger partial charge in [0, 0.05) is 36.3 Å². The number of pyridine rings is 2. The summed E-state index contributed by atoms with van der Waals surface area (Å²) in [6.07, 6.45) is 3.26. The first-order valence-electron chi connectivity index (χ1n) is 8.65. The first kappa shape index (κ1) is 16.4. The van der Waals surface area contributed by atoms with Crippen LogP contribution in [0.15, 0.2) is 53.5 Å². The Hall–Kier alpha value is -3.02. The van der Waals surface area contributed by atoms with Crippen LogP contribution < -0.4 is 5.56 Å². The molecule has 1 amide bonds. The van der Waals surface area contributed by atoms with Gasteiger partial charge in [0.2, 0.25) is 0 Å². The van der Waals surface area contributed by atoms with Crippen molar-refractivity contribution in [3.63, 3.8) is 0 Å². The highest BCUT2D eigenvalue weighted by Crippen LogP contribution is 2.27. The number of benzene rings is 1. The summed E-state index contributed by atoms with van der Waals surface area (Å²) in [7, 11) is 0. The number of nitrogens with one attached hydrogen (secondary N) is 1. The van der Waals surface area contributed by atoms with Crippen molar-refractivity contribution in [1.29, 1.82) is 0 Å². The van der Waals surface area contributed by atoms with Crippen LogP contribution in [0.25, 0.3) is 10.9 Å². The van der Waals surface area contributed by atoms with Crippen LogP contribution in [0, 0.1) is 5.82 Å². The number of piperidine rings is 1. The number of carbonyl (C=O) groups excluding carboxylic acids is 1. The van der Waals surface area contributed by atoms with Gasteiger partial charge in [-0.15, -0.1) is 0 Å². The SMILES string of the molecule is O=C(c1ccccc1F)N1CCC[C@H](c2cc3cccnc3c(=O)[nH]2)C1. The normalized spacial score (nSPS) is 17.4. The molecule has 1 aromatic carbocycles. The van der Waals surface area contributed by atoms with Gasteiger partial charge in [0.15, 0.2) is 0 Å². The Morgan fingerprint density at radius 1 is 1.23 bits per heavy atom. The molecule has 5 nitrogen and oxygen atoms in total. The molecule has 0 radical (unpaired) electrons. The van der Waals surface area contributed by atoms with E-state index in [-0.39, 0.29) is 22.9 Å². The van der Waals surface area contributed by atoms with Crippen molar-refractivity contribution in [1.82, 2.24) is 14.9 Å². The number of hydrogen-bond donors (Lipinski definition) is 1. The molecule has 0 aliphatic carbocycles. The van der Waals surface area contributed by atoms with E-state index in [1.807, 2.05) is 12.1 Å². The van der Waals surface area contributed by atoms with Gasteiger partial charge in [0.1, 0.15) is 11.3 Å². The van der Waals surface area contributed by atoms with E-state index in [0.29, 0.717) is 18.6 Å². The molecule has 6 heteroatoms. The van der Waals surface area contributed by atoms with Gasteiger partial charge >= 0.3 is 0 Å². The first-order chi connectivity index (χ1) is 12.6. The largest absolute Gasteiger partial charge is 0.338 e. The topological polar surface area (TPSA) is 66.1 Å². The number of halogens is 1. The molecule has 0 bridgehead atoms. The lowest BCUT2D eigenvalue weighted by Crippen LogP contribution is -2.40. The second-order valence-corrected chi connectivity index (χ2v) is 6.57. The van der Waals surface area contributed by atoms with Gasteiger partial charge in [0.05, 0.1) is 5.56 Å². The summed E-state index contributed by atoms with van der Waals surface area (Å²) in [4.78, 5) is 33.6. The maximum atomic E-state index is 13.9. The highest BCUT2D eigenvalue weighted by atomic mass is 19.1. The predicted octanol–water partition coefficient (Wildman–Crippen LogP) is 3.08. The summed E-state index contributed by atoms with van der Waals surface area (Å²) >= 11 is 0. The molecular weight excluding hydrogens is 333 g/mol. The van der Waals surface area contributed by atoms with E-state index < -0.39 is 5.82 Å². The minimum atomic E-state index is -0.509. The molecule has 132 valence electrons. The molecule has 1 aliphatic heterocycles. The molecule has 3 heterocycles. The van der Waals surface area contributed by atoms with Crippen molar-refractivity contribution in [3.8, 4) is 0 Å². The average Bonchev–Trinajstić information content (AvgIpc) is 2.68. The molecule has 4 rings (SSSR count). The van der Waals surface area contributed by atoms with Crippen molar-refractivity contribution in [2.75, 3.05) is 13.1 Å². The van der Waals surface area contributed by atoms with E-state index in [2.05, 4.69) is 9.97 Å². The van der Waals surface area contributed by atoms with Crippen LogP contribution in [0.3, 0.4) is 0 Å². The highest BCUT2D eigenvalue weighted by Gasteiger charge is 2.27. The number of aromatic amines is 1. The number of rotatable bonds is 2. The van der Waals surface area contributed by atoms with E-state index in [1.165, 1.54) is 12.1 Å². The van der Waals surface area contributed by atoms with E-state index in [4.69, 9.17) is 0 Å². The van der Waals surface area contributed by atoms with Crippen molar-refractivity contribution in [2.24, 2.45) is 0 Å². The van der Waals surface area contributed by atoms with Gasteiger partial charge in [-0.1, -0.05) is 18.2 Å². The van der Waals surface area contributed by atoms with Gasteiger partial charge in [-0.05, 0) is 37.1 Å². The van der Waals surface area contributed by atoms with Crippen molar-refractivity contribution < 1.29 is 9.18 Å². The molecule has 3 aromatic rings. The molecule has 1 atom stereocenters. The Labute approximate surface area is 149 Å². The quantitative estimate of drug-likeness (QED) is 0.772. The second kappa shape index (κ2) is 6.71. The monoisotopic (exact) mass is 351 g/mol. The standard InChI is InChI=1S/C20H18FN3O2/c21-16-8-2-1-7-15(16)20(26)24-10-4-6-14(12-24)17-11-13-5-3-9-22-18(13)19(25)23-17/h1-3,5,7-9,11,14H,4,6,10,12H2,(H,23,25)/t14-/m0/s1. The molecule has 0 saturated carbocycles. The number of likely N-dealkylation sites (tertiary alicyclic amines) is 1. The Bertz CT molecular complexity index is 1030. The third-order valence-corrected chi connectivity index (χ3v) is 4.88. The van der Waals surface area contributed by atoms with Crippen LogP contribution in [0.4, 0.5) is 4.39 Å². The molecule has 26 heavy (non-hydrogen) atoms. The fourth-order valence-corrected chi connectivity index (χ4v) is 3.56.